The first-order valence-electron chi connectivity index (χ1n) is 6.44. The Morgan fingerprint density at radius 3 is 2.59 bits per heavy atom. The monoisotopic (exact) mass is 369 g/mol. The predicted octanol–water partition coefficient (Wildman–Crippen LogP) is 5.75. The molecular formula is C16H11BrF3NO. The van der Waals surface area contributed by atoms with E-state index in [-0.39, 0.29) is 22.6 Å². The molecule has 0 N–H and O–H groups in total. The number of hydrogen-bond donors (Lipinski definition) is 0. The molecule has 22 heavy (non-hydrogen) atoms. The fraction of sp³-hybridized carbons (Fsp3) is 0.188. The Morgan fingerprint density at radius 1 is 1.27 bits per heavy atom. The molecule has 0 bridgehead atoms. The van der Waals surface area contributed by atoms with Crippen LogP contribution >= 0.6 is 15.9 Å². The van der Waals surface area contributed by atoms with Gasteiger partial charge in [0.2, 0.25) is 0 Å². The van der Waals surface area contributed by atoms with Crippen LogP contribution in [0.3, 0.4) is 0 Å². The average Bonchev–Trinajstić information content (AvgIpc) is 2.51. The van der Waals surface area contributed by atoms with E-state index < -0.39 is 12.2 Å². The molecule has 6 heteroatoms. The first-order chi connectivity index (χ1) is 10.5. The third-order valence-corrected chi connectivity index (χ3v) is 3.66. The first-order valence-corrected chi connectivity index (χ1v) is 7.23. The SMILES string of the molecule is CCc1ccc(Br)c(Oc2cc(C#N)cc(C(F)F)c2)c1F. The highest BCUT2D eigenvalue weighted by atomic mass is 79.9. The minimum absolute atomic E-state index is 0.0118. The molecule has 2 nitrogen and oxygen atoms in total. The van der Waals surface area contributed by atoms with E-state index in [1.807, 2.05) is 0 Å². The highest BCUT2D eigenvalue weighted by Crippen LogP contribution is 2.36. The number of benzene rings is 2. The topological polar surface area (TPSA) is 33.0 Å². The van der Waals surface area contributed by atoms with Crippen LogP contribution in [0.2, 0.25) is 0 Å². The molecule has 0 heterocycles. The number of nitrogens with zero attached hydrogens (tertiary/aromatic N) is 1. The molecule has 0 saturated heterocycles. The van der Waals surface area contributed by atoms with Gasteiger partial charge < -0.3 is 4.74 Å². The van der Waals surface area contributed by atoms with Gasteiger partial charge in [-0.2, -0.15) is 5.26 Å². The van der Waals surface area contributed by atoms with Gasteiger partial charge in [0, 0.05) is 5.56 Å². The van der Waals surface area contributed by atoms with Crippen molar-refractivity contribution in [2.24, 2.45) is 0 Å². The minimum Gasteiger partial charge on any atom is -0.453 e. The van der Waals surface area contributed by atoms with Crippen LogP contribution in [0, 0.1) is 17.1 Å². The number of alkyl halides is 2. The van der Waals surface area contributed by atoms with Gasteiger partial charge in [0.25, 0.3) is 6.43 Å². The van der Waals surface area contributed by atoms with E-state index in [9.17, 15) is 13.2 Å². The normalized spacial score (nSPS) is 10.6. The van der Waals surface area contributed by atoms with Crippen LogP contribution in [0.4, 0.5) is 13.2 Å². The van der Waals surface area contributed by atoms with Crippen LogP contribution in [-0.4, -0.2) is 0 Å². The van der Waals surface area contributed by atoms with E-state index in [1.54, 1.807) is 25.1 Å². The molecule has 114 valence electrons. The maximum atomic E-state index is 14.3. The molecule has 0 saturated carbocycles. The molecule has 0 amide bonds. The van der Waals surface area contributed by atoms with Crippen LogP contribution in [0.5, 0.6) is 11.5 Å². The average molecular weight is 370 g/mol. The van der Waals surface area contributed by atoms with E-state index in [1.165, 1.54) is 6.07 Å². The number of aryl methyl sites for hydroxylation is 1. The summed E-state index contributed by atoms with van der Waals surface area (Å²) >= 11 is 3.17. The van der Waals surface area contributed by atoms with Gasteiger partial charge in [0.15, 0.2) is 11.6 Å². The molecule has 2 rings (SSSR count). The maximum absolute atomic E-state index is 14.3. The summed E-state index contributed by atoms with van der Waals surface area (Å²) in [4.78, 5) is 0. The van der Waals surface area contributed by atoms with Gasteiger partial charge in [-0.25, -0.2) is 13.2 Å². The summed E-state index contributed by atoms with van der Waals surface area (Å²) < 4.78 is 45.7. The van der Waals surface area contributed by atoms with Gasteiger partial charge in [-0.05, 0) is 52.2 Å². The lowest BCUT2D eigenvalue weighted by atomic mass is 10.1. The van der Waals surface area contributed by atoms with Crippen molar-refractivity contribution >= 4 is 15.9 Å². The standard InChI is InChI=1S/C16H11BrF3NO/c1-2-10-3-4-13(17)15(14(10)18)22-12-6-9(8-21)5-11(7-12)16(19)20/h3-7,16H,2H2,1H3. The van der Waals surface area contributed by atoms with Crippen molar-refractivity contribution in [1.29, 1.82) is 5.26 Å². The molecule has 0 aliphatic heterocycles. The number of hydrogen-bond acceptors (Lipinski definition) is 2. The molecule has 2 aromatic rings. The Hall–Kier alpha value is -2.00. The van der Waals surface area contributed by atoms with Crippen LogP contribution in [0.1, 0.15) is 30.0 Å². The summed E-state index contributed by atoms with van der Waals surface area (Å²) in [5.41, 5.74) is 0.122. The van der Waals surface area contributed by atoms with E-state index in [0.29, 0.717) is 16.5 Å². The molecule has 0 radical (unpaired) electrons. The van der Waals surface area contributed by atoms with E-state index >= 15 is 0 Å². The Bertz CT molecular complexity index is 741. The van der Waals surface area contributed by atoms with Gasteiger partial charge >= 0.3 is 0 Å². The quantitative estimate of drug-likeness (QED) is 0.686. The largest absolute Gasteiger partial charge is 0.453 e. The van der Waals surface area contributed by atoms with Gasteiger partial charge in [0.1, 0.15) is 5.75 Å². The molecule has 0 fully saturated rings. The Kier molecular flexibility index (Phi) is 5.09. The highest BCUT2D eigenvalue weighted by molar-refractivity contribution is 9.10. The maximum Gasteiger partial charge on any atom is 0.264 e. The molecule has 0 aliphatic carbocycles. The second kappa shape index (κ2) is 6.84. The number of nitriles is 1. The lowest BCUT2D eigenvalue weighted by molar-refractivity contribution is 0.151. The number of halogens is 4. The molecule has 0 aliphatic rings. The summed E-state index contributed by atoms with van der Waals surface area (Å²) in [6, 6.07) is 8.48. The Balaban J connectivity index is 2.47. The van der Waals surface area contributed by atoms with Gasteiger partial charge in [-0.15, -0.1) is 0 Å². The van der Waals surface area contributed by atoms with Crippen LogP contribution in [0.15, 0.2) is 34.8 Å². The van der Waals surface area contributed by atoms with Crippen molar-refractivity contribution in [3.8, 4) is 17.6 Å². The van der Waals surface area contributed by atoms with E-state index in [0.717, 1.165) is 12.1 Å². The van der Waals surface area contributed by atoms with Crippen LogP contribution in [0.25, 0.3) is 0 Å². The van der Waals surface area contributed by atoms with Crippen molar-refractivity contribution in [2.45, 2.75) is 19.8 Å². The molecule has 0 aromatic heterocycles. The predicted molar refractivity (Wildman–Crippen MR) is 79.7 cm³/mol. The molecule has 0 spiro atoms. The molecule has 2 aromatic carbocycles. The summed E-state index contributed by atoms with van der Waals surface area (Å²) in [5.74, 6) is -0.658. The second-order valence-electron chi connectivity index (χ2n) is 4.51. The first kappa shape index (κ1) is 16.4. The summed E-state index contributed by atoms with van der Waals surface area (Å²) in [6.07, 6.45) is -2.28. The van der Waals surface area contributed by atoms with Crippen LogP contribution < -0.4 is 4.74 Å². The number of ether oxygens (including phenoxy) is 1. The van der Waals surface area contributed by atoms with Crippen LogP contribution in [-0.2, 0) is 6.42 Å². The Morgan fingerprint density at radius 2 is 2.00 bits per heavy atom. The lowest BCUT2D eigenvalue weighted by Crippen LogP contribution is -1.96. The highest BCUT2D eigenvalue weighted by Gasteiger charge is 2.16. The van der Waals surface area contributed by atoms with Crippen molar-refractivity contribution in [3.05, 3.63) is 57.3 Å². The second-order valence-corrected chi connectivity index (χ2v) is 5.36. The fourth-order valence-corrected chi connectivity index (χ4v) is 2.32. The minimum atomic E-state index is -2.74. The summed E-state index contributed by atoms with van der Waals surface area (Å²) in [6.45, 7) is 1.79. The zero-order chi connectivity index (χ0) is 16.3. The third-order valence-electron chi connectivity index (χ3n) is 3.04. The summed E-state index contributed by atoms with van der Waals surface area (Å²) in [5, 5.41) is 8.89. The van der Waals surface area contributed by atoms with Crippen molar-refractivity contribution in [2.75, 3.05) is 0 Å². The summed E-state index contributed by atoms with van der Waals surface area (Å²) in [7, 11) is 0. The van der Waals surface area contributed by atoms with Gasteiger partial charge in [0.05, 0.1) is 16.1 Å². The van der Waals surface area contributed by atoms with Gasteiger partial charge in [-0.3, -0.25) is 0 Å². The smallest absolute Gasteiger partial charge is 0.264 e. The third kappa shape index (κ3) is 3.42. The van der Waals surface area contributed by atoms with Crippen molar-refractivity contribution < 1.29 is 17.9 Å². The van der Waals surface area contributed by atoms with Crippen molar-refractivity contribution in [1.82, 2.24) is 0 Å². The van der Waals surface area contributed by atoms with Crippen molar-refractivity contribution in [3.63, 3.8) is 0 Å². The van der Waals surface area contributed by atoms with E-state index in [2.05, 4.69) is 15.9 Å². The zero-order valence-electron chi connectivity index (χ0n) is 11.5. The molecule has 0 atom stereocenters. The fourth-order valence-electron chi connectivity index (χ4n) is 1.93. The zero-order valence-corrected chi connectivity index (χ0v) is 13.1. The molecular weight excluding hydrogens is 359 g/mol. The van der Waals surface area contributed by atoms with Gasteiger partial charge in [-0.1, -0.05) is 13.0 Å². The number of rotatable bonds is 4. The Labute approximate surface area is 134 Å². The molecule has 0 unspecified atom stereocenters. The van der Waals surface area contributed by atoms with E-state index in [4.69, 9.17) is 10.00 Å². The lowest BCUT2D eigenvalue weighted by Gasteiger charge is -2.12.